The Bertz CT molecular complexity index is 1140. The van der Waals surface area contributed by atoms with Crippen LogP contribution in [0.1, 0.15) is 23.6 Å². The van der Waals surface area contributed by atoms with Crippen molar-refractivity contribution in [3.63, 3.8) is 0 Å². The summed E-state index contributed by atoms with van der Waals surface area (Å²) in [6.45, 7) is 3.62. The highest BCUT2D eigenvalue weighted by Crippen LogP contribution is 2.34. The Morgan fingerprint density at radius 2 is 1.84 bits per heavy atom. The molecule has 0 bridgehead atoms. The molecule has 174 valence electrons. The van der Waals surface area contributed by atoms with Crippen LogP contribution in [0.5, 0.6) is 0 Å². The van der Waals surface area contributed by atoms with Crippen LogP contribution in [0.2, 0.25) is 0 Å². The number of piperazine rings is 1. The fourth-order valence-electron chi connectivity index (χ4n) is 3.75. The molecule has 3 rings (SSSR count). The Labute approximate surface area is 183 Å². The number of aliphatic carboxylic acids is 1. The van der Waals surface area contributed by atoms with E-state index in [0.29, 0.717) is 17.2 Å². The quantitative estimate of drug-likeness (QED) is 0.669. The van der Waals surface area contributed by atoms with Gasteiger partial charge in [0, 0.05) is 31.4 Å². The maximum Gasteiger partial charge on any atom is 0.419 e. The second-order valence-electron chi connectivity index (χ2n) is 7.73. The molecule has 0 aromatic heterocycles. The van der Waals surface area contributed by atoms with Crippen LogP contribution in [0.3, 0.4) is 0 Å². The molecule has 1 heterocycles. The molecule has 0 aliphatic carbocycles. The van der Waals surface area contributed by atoms with Crippen LogP contribution in [0, 0.1) is 12.7 Å². The van der Waals surface area contributed by atoms with Crippen molar-refractivity contribution in [1.29, 1.82) is 0 Å². The number of nitrogens with zero attached hydrogens (tertiary/aromatic N) is 2. The fraction of sp³-hybridized carbons (Fsp3) is 0.381. The smallest absolute Gasteiger partial charge is 0.419 e. The molecule has 0 saturated carbocycles. The summed E-state index contributed by atoms with van der Waals surface area (Å²) in [4.78, 5) is 12.7. The first-order valence-corrected chi connectivity index (χ1v) is 11.2. The van der Waals surface area contributed by atoms with Crippen molar-refractivity contribution < 1.29 is 35.9 Å². The Balaban J connectivity index is 1.81. The number of carbonyl (C=O) groups is 1. The molecule has 0 spiro atoms. The number of hydrogen-bond donors (Lipinski definition) is 1. The van der Waals surface area contributed by atoms with Gasteiger partial charge in [-0.1, -0.05) is 6.07 Å². The molecule has 1 aliphatic heterocycles. The van der Waals surface area contributed by atoms with Crippen LogP contribution in [0.25, 0.3) is 0 Å². The summed E-state index contributed by atoms with van der Waals surface area (Å²) in [5.74, 6) is -2.46. The van der Waals surface area contributed by atoms with Gasteiger partial charge >= 0.3 is 12.1 Å². The molecule has 1 aliphatic rings. The van der Waals surface area contributed by atoms with E-state index in [9.17, 15) is 30.8 Å². The largest absolute Gasteiger partial charge is 0.481 e. The van der Waals surface area contributed by atoms with Crippen molar-refractivity contribution in [1.82, 2.24) is 4.31 Å². The predicted molar refractivity (Wildman–Crippen MR) is 109 cm³/mol. The van der Waals surface area contributed by atoms with Gasteiger partial charge in [-0.2, -0.15) is 17.5 Å². The lowest BCUT2D eigenvalue weighted by molar-refractivity contribution is -0.140. The number of rotatable bonds is 5. The Morgan fingerprint density at radius 3 is 2.41 bits per heavy atom. The van der Waals surface area contributed by atoms with Crippen LogP contribution < -0.4 is 4.90 Å². The third-order valence-electron chi connectivity index (χ3n) is 5.48. The highest BCUT2D eigenvalue weighted by atomic mass is 32.2. The molecule has 1 atom stereocenters. The zero-order valence-electron chi connectivity index (χ0n) is 17.4. The highest BCUT2D eigenvalue weighted by Gasteiger charge is 2.36. The van der Waals surface area contributed by atoms with Gasteiger partial charge in [0.05, 0.1) is 16.9 Å². The number of carboxylic acid groups (broad SMARTS) is 1. The molecule has 1 fully saturated rings. The van der Waals surface area contributed by atoms with Gasteiger partial charge in [-0.25, -0.2) is 12.8 Å². The Kier molecular flexibility index (Phi) is 6.52. The third kappa shape index (κ3) is 4.88. The summed E-state index contributed by atoms with van der Waals surface area (Å²) in [5, 5.41) is 9.03. The number of anilines is 1. The SMILES string of the molecule is Cc1ccc(S(=O)(=O)N2CCN(c3ccc(C(F)(F)F)c(F)c3)[C@@H](C)C2)cc1CC(=O)O. The van der Waals surface area contributed by atoms with Crippen molar-refractivity contribution in [3.05, 3.63) is 58.9 Å². The standard InChI is InChI=1S/C21H22F4N2O4S/c1-13-3-5-17(9-15(13)10-20(28)29)32(30,31)26-7-8-27(14(2)12-26)16-4-6-18(19(22)11-16)21(23,24)25/h3-6,9,11,14H,7-8,10,12H2,1-2H3,(H,28,29)/t14-/m0/s1. The maximum absolute atomic E-state index is 14.0. The first-order chi connectivity index (χ1) is 14.8. The monoisotopic (exact) mass is 474 g/mol. The van der Waals surface area contributed by atoms with Crippen LogP contribution >= 0.6 is 0 Å². The molecule has 0 amide bonds. The molecule has 1 N–H and O–H groups in total. The number of carboxylic acids is 1. The molecular formula is C21H22F4N2O4S. The number of alkyl halides is 3. The van der Waals surface area contributed by atoms with E-state index >= 15 is 0 Å². The second-order valence-corrected chi connectivity index (χ2v) is 9.66. The van der Waals surface area contributed by atoms with Gasteiger partial charge in [-0.05, 0) is 55.3 Å². The lowest BCUT2D eigenvalue weighted by Gasteiger charge is -2.40. The average Bonchev–Trinajstić information content (AvgIpc) is 2.68. The van der Waals surface area contributed by atoms with Gasteiger partial charge in [0.2, 0.25) is 10.0 Å². The lowest BCUT2D eigenvalue weighted by atomic mass is 10.1. The topological polar surface area (TPSA) is 77.9 Å². The molecule has 11 heteroatoms. The van der Waals surface area contributed by atoms with Crippen molar-refractivity contribution >= 4 is 21.7 Å². The first kappa shape index (κ1) is 24.0. The molecule has 32 heavy (non-hydrogen) atoms. The van der Waals surface area contributed by atoms with E-state index in [0.717, 1.165) is 6.07 Å². The van der Waals surface area contributed by atoms with Crippen LogP contribution in [0.15, 0.2) is 41.3 Å². The van der Waals surface area contributed by atoms with E-state index in [2.05, 4.69) is 0 Å². The van der Waals surface area contributed by atoms with Crippen LogP contribution in [-0.2, 0) is 27.4 Å². The molecule has 1 saturated heterocycles. The maximum atomic E-state index is 14.0. The summed E-state index contributed by atoms with van der Waals surface area (Å²) in [7, 11) is -3.92. The van der Waals surface area contributed by atoms with E-state index in [1.807, 2.05) is 0 Å². The summed E-state index contributed by atoms with van der Waals surface area (Å²) in [6, 6.07) is 6.54. The van der Waals surface area contributed by atoms with Gasteiger partial charge < -0.3 is 10.0 Å². The molecule has 6 nitrogen and oxygen atoms in total. The average molecular weight is 474 g/mol. The molecule has 2 aromatic rings. The fourth-order valence-corrected chi connectivity index (χ4v) is 5.31. The van der Waals surface area contributed by atoms with Gasteiger partial charge in [-0.3, -0.25) is 4.79 Å². The zero-order chi connectivity index (χ0) is 23.8. The number of hydrogen-bond acceptors (Lipinski definition) is 4. The van der Waals surface area contributed by atoms with Crippen molar-refractivity contribution in [3.8, 4) is 0 Å². The molecular weight excluding hydrogens is 452 g/mol. The zero-order valence-corrected chi connectivity index (χ0v) is 18.2. The van der Waals surface area contributed by atoms with Crippen molar-refractivity contribution in [2.24, 2.45) is 0 Å². The van der Waals surface area contributed by atoms with Gasteiger partial charge in [0.15, 0.2) is 0 Å². The molecule has 0 unspecified atom stereocenters. The minimum Gasteiger partial charge on any atom is -0.481 e. The van der Waals surface area contributed by atoms with Gasteiger partial charge in [0.1, 0.15) is 5.82 Å². The van der Waals surface area contributed by atoms with Gasteiger partial charge in [-0.15, -0.1) is 0 Å². The predicted octanol–water partition coefficient (Wildman–Crippen LogP) is 3.68. The summed E-state index contributed by atoms with van der Waals surface area (Å²) in [6.07, 6.45) is -5.10. The van der Waals surface area contributed by atoms with E-state index < -0.39 is 39.6 Å². The van der Waals surface area contributed by atoms with Crippen molar-refractivity contribution in [2.45, 2.75) is 37.4 Å². The molecule has 2 aromatic carbocycles. The minimum atomic E-state index is -4.80. The number of benzene rings is 2. The summed E-state index contributed by atoms with van der Waals surface area (Å²) < 4.78 is 79.9. The second kappa shape index (κ2) is 8.70. The van der Waals surface area contributed by atoms with Gasteiger partial charge in [0.25, 0.3) is 0 Å². The minimum absolute atomic E-state index is 0.0272. The first-order valence-electron chi connectivity index (χ1n) is 9.75. The highest BCUT2D eigenvalue weighted by molar-refractivity contribution is 7.89. The normalized spacial score (nSPS) is 18.1. The number of sulfonamides is 1. The lowest BCUT2D eigenvalue weighted by Crippen LogP contribution is -2.53. The van der Waals surface area contributed by atoms with E-state index in [1.54, 1.807) is 24.8 Å². The number of aryl methyl sites for hydroxylation is 1. The van der Waals surface area contributed by atoms with Crippen molar-refractivity contribution in [2.75, 3.05) is 24.5 Å². The van der Waals surface area contributed by atoms with Crippen LogP contribution in [0.4, 0.5) is 23.2 Å². The summed E-state index contributed by atoms with van der Waals surface area (Å²) >= 11 is 0. The van der Waals surface area contributed by atoms with Crippen LogP contribution in [-0.4, -0.2) is 49.5 Å². The van der Waals surface area contributed by atoms with E-state index in [4.69, 9.17) is 5.11 Å². The molecule has 0 radical (unpaired) electrons. The third-order valence-corrected chi connectivity index (χ3v) is 7.34. The number of halogens is 4. The van der Waals surface area contributed by atoms with E-state index in [-0.39, 0.29) is 36.6 Å². The Hall–Kier alpha value is -2.66. The summed E-state index contributed by atoms with van der Waals surface area (Å²) in [5.41, 5.74) is -0.0647. The van der Waals surface area contributed by atoms with E-state index in [1.165, 1.54) is 22.5 Å². The Morgan fingerprint density at radius 1 is 1.16 bits per heavy atom.